The van der Waals surface area contributed by atoms with Crippen LogP contribution >= 0.6 is 0 Å². The van der Waals surface area contributed by atoms with E-state index in [9.17, 15) is 9.59 Å². The minimum Gasteiger partial charge on any atom is -0.342 e. The number of para-hydroxylation sites is 1. The number of carbonyl (C=O) groups is 2. The first kappa shape index (κ1) is 17.7. The average Bonchev–Trinajstić information content (AvgIpc) is 3.32. The molecule has 4 rings (SSSR count). The van der Waals surface area contributed by atoms with Gasteiger partial charge in [0.15, 0.2) is 0 Å². The highest BCUT2D eigenvalue weighted by molar-refractivity contribution is 6.02. The van der Waals surface area contributed by atoms with Crippen molar-refractivity contribution in [1.82, 2.24) is 20.4 Å². The summed E-state index contributed by atoms with van der Waals surface area (Å²) in [5.74, 6) is -0.167. The van der Waals surface area contributed by atoms with Crippen molar-refractivity contribution in [2.45, 2.75) is 43.8 Å². The van der Waals surface area contributed by atoms with Crippen molar-refractivity contribution in [3.05, 3.63) is 48.8 Å². The van der Waals surface area contributed by atoms with Crippen LogP contribution in [0.3, 0.4) is 0 Å². The van der Waals surface area contributed by atoms with Gasteiger partial charge in [0.2, 0.25) is 11.8 Å². The zero-order valence-corrected chi connectivity index (χ0v) is 15.5. The van der Waals surface area contributed by atoms with Gasteiger partial charge in [-0.2, -0.15) is 5.10 Å². The Labute approximate surface area is 158 Å². The van der Waals surface area contributed by atoms with E-state index in [0.717, 1.165) is 18.8 Å². The van der Waals surface area contributed by atoms with Gasteiger partial charge in [0.05, 0.1) is 0 Å². The molecular formula is C20H25N5O2. The highest BCUT2D eigenvalue weighted by Gasteiger charge is 2.46. The van der Waals surface area contributed by atoms with Crippen molar-refractivity contribution in [1.29, 1.82) is 0 Å². The molecule has 2 N–H and O–H groups in total. The molecule has 2 fully saturated rings. The summed E-state index contributed by atoms with van der Waals surface area (Å²) in [5.41, 5.74) is 0.133. The summed E-state index contributed by atoms with van der Waals surface area (Å²) in [7, 11) is 0. The first-order chi connectivity index (χ1) is 13.1. The number of piperidine rings is 1. The number of benzene rings is 1. The number of anilines is 1. The number of amides is 2. The fourth-order valence-corrected chi connectivity index (χ4v) is 4.24. The Hall–Kier alpha value is -2.67. The van der Waals surface area contributed by atoms with Crippen LogP contribution < -0.4 is 15.5 Å². The molecule has 0 bridgehead atoms. The SMILES string of the molecule is CC1CC(NC(=O)C2(n3cccn3)CCNCC2)C(=O)N1c1ccccc1. The Bertz CT molecular complexity index is 799. The summed E-state index contributed by atoms with van der Waals surface area (Å²) in [6.07, 6.45) is 5.43. The molecule has 27 heavy (non-hydrogen) atoms. The molecule has 0 radical (unpaired) electrons. The lowest BCUT2D eigenvalue weighted by atomic mass is 9.87. The van der Waals surface area contributed by atoms with Gasteiger partial charge in [-0.25, -0.2) is 0 Å². The molecule has 7 nitrogen and oxygen atoms in total. The van der Waals surface area contributed by atoms with Gasteiger partial charge in [-0.1, -0.05) is 18.2 Å². The topological polar surface area (TPSA) is 79.3 Å². The van der Waals surface area contributed by atoms with E-state index in [1.165, 1.54) is 0 Å². The molecule has 3 heterocycles. The van der Waals surface area contributed by atoms with Gasteiger partial charge in [-0.3, -0.25) is 14.3 Å². The fourth-order valence-electron chi connectivity index (χ4n) is 4.24. The number of aromatic nitrogens is 2. The molecule has 2 atom stereocenters. The Morgan fingerprint density at radius 3 is 2.63 bits per heavy atom. The molecule has 2 unspecified atom stereocenters. The van der Waals surface area contributed by atoms with Crippen LogP contribution in [0, 0.1) is 0 Å². The summed E-state index contributed by atoms with van der Waals surface area (Å²) in [6.45, 7) is 3.52. The third kappa shape index (κ3) is 3.12. The van der Waals surface area contributed by atoms with Crippen molar-refractivity contribution in [2.75, 3.05) is 18.0 Å². The number of rotatable bonds is 4. The van der Waals surface area contributed by atoms with Crippen molar-refractivity contribution in [3.63, 3.8) is 0 Å². The van der Waals surface area contributed by atoms with Crippen LogP contribution in [0.4, 0.5) is 5.69 Å². The van der Waals surface area contributed by atoms with Crippen LogP contribution in [0.15, 0.2) is 48.8 Å². The smallest absolute Gasteiger partial charge is 0.249 e. The third-order valence-electron chi connectivity index (χ3n) is 5.69. The molecule has 2 saturated heterocycles. The molecule has 7 heteroatoms. The molecule has 1 aromatic heterocycles. The highest BCUT2D eigenvalue weighted by atomic mass is 16.2. The molecule has 2 aliphatic heterocycles. The second-order valence-electron chi connectivity index (χ2n) is 7.39. The van der Waals surface area contributed by atoms with Crippen LogP contribution in [-0.2, 0) is 15.1 Å². The van der Waals surface area contributed by atoms with E-state index in [4.69, 9.17) is 0 Å². The van der Waals surface area contributed by atoms with Gasteiger partial charge in [0.25, 0.3) is 0 Å². The predicted molar refractivity (Wildman–Crippen MR) is 102 cm³/mol. The summed E-state index contributed by atoms with van der Waals surface area (Å²) >= 11 is 0. The summed E-state index contributed by atoms with van der Waals surface area (Å²) in [5, 5.41) is 10.7. The Balaban J connectivity index is 1.54. The lowest BCUT2D eigenvalue weighted by Crippen LogP contribution is -2.57. The molecule has 2 aromatic rings. The number of hydrogen-bond donors (Lipinski definition) is 2. The predicted octanol–water partition coefficient (Wildman–Crippen LogP) is 1.27. The maximum Gasteiger partial charge on any atom is 0.249 e. The zero-order chi connectivity index (χ0) is 18.9. The summed E-state index contributed by atoms with van der Waals surface area (Å²) < 4.78 is 1.75. The van der Waals surface area contributed by atoms with Gasteiger partial charge in [-0.15, -0.1) is 0 Å². The zero-order valence-electron chi connectivity index (χ0n) is 15.5. The van der Waals surface area contributed by atoms with E-state index in [1.807, 2.05) is 49.5 Å². The molecule has 1 aromatic carbocycles. The Morgan fingerprint density at radius 1 is 1.22 bits per heavy atom. The minimum atomic E-state index is -0.738. The average molecular weight is 367 g/mol. The van der Waals surface area contributed by atoms with E-state index in [0.29, 0.717) is 19.3 Å². The summed E-state index contributed by atoms with van der Waals surface area (Å²) in [4.78, 5) is 28.1. The first-order valence-electron chi connectivity index (χ1n) is 9.52. The number of nitrogens with zero attached hydrogens (tertiary/aromatic N) is 3. The number of carbonyl (C=O) groups excluding carboxylic acids is 2. The van der Waals surface area contributed by atoms with E-state index in [1.54, 1.807) is 15.8 Å². The standard InChI is InChI=1S/C20H25N5O2/c1-15-14-17(18(26)25(15)16-6-3-2-4-7-16)23-19(27)20(8-11-21-12-9-20)24-13-5-10-22-24/h2-7,10,13,15,17,21H,8-9,11-12,14H2,1H3,(H,23,27). The van der Waals surface area contributed by atoms with Crippen LogP contribution in [0.1, 0.15) is 26.2 Å². The normalized spacial score (nSPS) is 24.8. The molecular weight excluding hydrogens is 342 g/mol. The van der Waals surface area contributed by atoms with Crippen molar-refractivity contribution in [2.24, 2.45) is 0 Å². The van der Waals surface area contributed by atoms with Crippen LogP contribution in [-0.4, -0.2) is 46.8 Å². The lowest BCUT2D eigenvalue weighted by Gasteiger charge is -2.37. The van der Waals surface area contributed by atoms with Crippen molar-refractivity contribution >= 4 is 17.5 Å². The van der Waals surface area contributed by atoms with Gasteiger partial charge in [0, 0.05) is 24.1 Å². The van der Waals surface area contributed by atoms with E-state index in [-0.39, 0.29) is 17.9 Å². The maximum absolute atomic E-state index is 13.3. The van der Waals surface area contributed by atoms with Crippen LogP contribution in [0.5, 0.6) is 0 Å². The second-order valence-corrected chi connectivity index (χ2v) is 7.39. The van der Waals surface area contributed by atoms with Crippen LogP contribution in [0.25, 0.3) is 0 Å². The van der Waals surface area contributed by atoms with E-state index in [2.05, 4.69) is 15.7 Å². The largest absolute Gasteiger partial charge is 0.342 e. The van der Waals surface area contributed by atoms with Gasteiger partial charge >= 0.3 is 0 Å². The highest BCUT2D eigenvalue weighted by Crippen LogP contribution is 2.30. The quantitative estimate of drug-likeness (QED) is 0.853. The van der Waals surface area contributed by atoms with Gasteiger partial charge in [0.1, 0.15) is 11.6 Å². The third-order valence-corrected chi connectivity index (χ3v) is 5.69. The first-order valence-corrected chi connectivity index (χ1v) is 9.52. The summed E-state index contributed by atoms with van der Waals surface area (Å²) in [6, 6.07) is 11.0. The molecule has 2 aliphatic rings. The number of hydrogen-bond acceptors (Lipinski definition) is 4. The van der Waals surface area contributed by atoms with Crippen LogP contribution in [0.2, 0.25) is 0 Å². The number of nitrogens with one attached hydrogen (secondary N) is 2. The Kier molecular flexibility index (Phi) is 4.70. The molecule has 2 amide bonds. The van der Waals surface area contributed by atoms with Gasteiger partial charge in [-0.05, 0) is 57.5 Å². The van der Waals surface area contributed by atoms with E-state index < -0.39 is 11.6 Å². The molecule has 0 saturated carbocycles. The van der Waals surface area contributed by atoms with Crippen molar-refractivity contribution in [3.8, 4) is 0 Å². The molecule has 0 spiro atoms. The van der Waals surface area contributed by atoms with Gasteiger partial charge < -0.3 is 15.5 Å². The molecule has 142 valence electrons. The monoisotopic (exact) mass is 367 g/mol. The lowest BCUT2D eigenvalue weighted by molar-refractivity contribution is -0.135. The second kappa shape index (κ2) is 7.15. The van der Waals surface area contributed by atoms with E-state index >= 15 is 0 Å². The molecule has 0 aliphatic carbocycles. The minimum absolute atomic E-state index is 0.0406. The maximum atomic E-state index is 13.3. The van der Waals surface area contributed by atoms with Crippen molar-refractivity contribution < 1.29 is 9.59 Å². The fraction of sp³-hybridized carbons (Fsp3) is 0.450. The Morgan fingerprint density at radius 2 is 1.96 bits per heavy atom.